The van der Waals surface area contributed by atoms with E-state index >= 15 is 0 Å². The van der Waals surface area contributed by atoms with E-state index in [0.29, 0.717) is 16.9 Å². The Labute approximate surface area is 183 Å². The summed E-state index contributed by atoms with van der Waals surface area (Å²) in [5.74, 6) is 0.119. The van der Waals surface area contributed by atoms with Crippen LogP contribution in [0, 0.1) is 0 Å². The van der Waals surface area contributed by atoms with Crippen LogP contribution in [0.2, 0.25) is 0 Å². The molecule has 0 saturated carbocycles. The van der Waals surface area contributed by atoms with Crippen LogP contribution in [0.1, 0.15) is 18.4 Å². The molecule has 0 spiro atoms. The van der Waals surface area contributed by atoms with Gasteiger partial charge in [-0.15, -0.1) is 11.3 Å². The van der Waals surface area contributed by atoms with Crippen LogP contribution in [0.3, 0.4) is 0 Å². The molecule has 1 atom stereocenters. The smallest absolute Gasteiger partial charge is 0.356 e. The van der Waals surface area contributed by atoms with Gasteiger partial charge < -0.3 is 15.6 Å². The Morgan fingerprint density at radius 1 is 1.28 bits per heavy atom. The number of aromatic nitrogens is 5. The minimum absolute atomic E-state index is 0.0305. The predicted octanol–water partition coefficient (Wildman–Crippen LogP) is 3.42. The maximum Gasteiger partial charge on any atom is 0.419 e. The minimum Gasteiger partial charge on any atom is -0.356 e. The lowest BCUT2D eigenvalue weighted by atomic mass is 10.1. The third kappa shape index (κ3) is 3.75. The molecule has 0 amide bonds. The van der Waals surface area contributed by atoms with Crippen molar-refractivity contribution in [3.8, 4) is 16.3 Å². The third-order valence-corrected chi connectivity index (χ3v) is 6.15. The van der Waals surface area contributed by atoms with Crippen molar-refractivity contribution < 1.29 is 13.2 Å². The second-order valence-electron chi connectivity index (χ2n) is 7.46. The van der Waals surface area contributed by atoms with Crippen LogP contribution in [0.15, 0.2) is 41.2 Å². The number of halogens is 3. The summed E-state index contributed by atoms with van der Waals surface area (Å²) in [6, 6.07) is 1.63. The number of hydrogen-bond acceptors (Lipinski definition) is 7. The van der Waals surface area contributed by atoms with Gasteiger partial charge in [0.05, 0.1) is 17.4 Å². The number of anilines is 1. The van der Waals surface area contributed by atoms with E-state index in [1.165, 1.54) is 28.3 Å². The normalized spacial score (nSPS) is 17.0. The monoisotopic (exact) mass is 461 g/mol. The van der Waals surface area contributed by atoms with E-state index in [4.69, 9.17) is 0 Å². The molecule has 4 aromatic heterocycles. The number of nitrogens with zero attached hydrogens (tertiary/aromatic N) is 4. The molecule has 0 aromatic carbocycles. The second-order valence-corrected chi connectivity index (χ2v) is 8.33. The highest BCUT2D eigenvalue weighted by Crippen LogP contribution is 2.38. The quantitative estimate of drug-likeness (QED) is 0.431. The number of hydrogen-bond donors (Lipinski definition) is 3. The molecule has 1 aliphatic heterocycles. The molecule has 1 saturated heterocycles. The first kappa shape index (κ1) is 20.6. The van der Waals surface area contributed by atoms with Crippen molar-refractivity contribution in [3.63, 3.8) is 0 Å². The molecule has 4 aromatic rings. The van der Waals surface area contributed by atoms with Crippen molar-refractivity contribution in [3.05, 3.63) is 52.3 Å². The molecule has 0 aliphatic carbocycles. The van der Waals surface area contributed by atoms with Gasteiger partial charge in [-0.1, -0.05) is 0 Å². The van der Waals surface area contributed by atoms with E-state index in [0.717, 1.165) is 25.6 Å². The van der Waals surface area contributed by atoms with Gasteiger partial charge in [0.25, 0.3) is 5.56 Å². The molecule has 1 unspecified atom stereocenters. The Hall–Kier alpha value is -3.25. The van der Waals surface area contributed by atoms with Crippen molar-refractivity contribution in [2.24, 2.45) is 0 Å². The Balaban J connectivity index is 1.61. The second kappa shape index (κ2) is 8.02. The predicted molar refractivity (Wildman–Crippen MR) is 115 cm³/mol. The number of alkyl halides is 3. The van der Waals surface area contributed by atoms with E-state index in [1.807, 2.05) is 0 Å². The van der Waals surface area contributed by atoms with Crippen LogP contribution < -0.4 is 16.2 Å². The fraction of sp³-hybridized carbons (Fsp3) is 0.300. The van der Waals surface area contributed by atoms with Gasteiger partial charge in [0.2, 0.25) is 5.95 Å². The highest BCUT2D eigenvalue weighted by atomic mass is 32.1. The number of thiazole rings is 1. The van der Waals surface area contributed by atoms with Crippen LogP contribution in [0.5, 0.6) is 0 Å². The molecule has 1 aliphatic rings. The summed E-state index contributed by atoms with van der Waals surface area (Å²) in [4.78, 5) is 27.8. The fourth-order valence-electron chi connectivity index (χ4n) is 3.84. The first-order valence-corrected chi connectivity index (χ1v) is 10.8. The maximum atomic E-state index is 13.8. The van der Waals surface area contributed by atoms with Crippen molar-refractivity contribution in [1.82, 2.24) is 29.8 Å². The van der Waals surface area contributed by atoms with Gasteiger partial charge in [0.1, 0.15) is 16.1 Å². The molecular formula is C20H18F3N7OS. The third-order valence-electron chi connectivity index (χ3n) is 5.38. The number of H-pyrrole nitrogens is 1. The van der Waals surface area contributed by atoms with Crippen molar-refractivity contribution in [1.29, 1.82) is 0 Å². The minimum atomic E-state index is -4.65. The molecule has 8 nitrogen and oxygen atoms in total. The molecule has 12 heteroatoms. The lowest BCUT2D eigenvalue weighted by molar-refractivity contribution is -0.137. The van der Waals surface area contributed by atoms with Crippen molar-refractivity contribution in [2.45, 2.75) is 25.1 Å². The zero-order valence-electron chi connectivity index (χ0n) is 16.6. The highest BCUT2D eigenvalue weighted by Gasteiger charge is 2.36. The first-order chi connectivity index (χ1) is 15.4. The summed E-state index contributed by atoms with van der Waals surface area (Å²) < 4.78 is 42.7. The average molecular weight is 461 g/mol. The molecule has 1 fully saturated rings. The van der Waals surface area contributed by atoms with Gasteiger partial charge in [-0.05, 0) is 25.5 Å². The number of fused-ring (bicyclic) bond motifs is 1. The van der Waals surface area contributed by atoms with Gasteiger partial charge in [0, 0.05) is 42.1 Å². The Bertz CT molecular complexity index is 1310. The van der Waals surface area contributed by atoms with Crippen molar-refractivity contribution in [2.75, 3.05) is 18.4 Å². The van der Waals surface area contributed by atoms with Gasteiger partial charge >= 0.3 is 6.18 Å². The van der Waals surface area contributed by atoms with Crippen LogP contribution in [-0.2, 0) is 6.18 Å². The molecular weight excluding hydrogens is 443 g/mol. The molecule has 166 valence electrons. The maximum absolute atomic E-state index is 13.8. The van der Waals surface area contributed by atoms with E-state index < -0.39 is 11.7 Å². The van der Waals surface area contributed by atoms with E-state index in [-0.39, 0.29) is 34.3 Å². The summed E-state index contributed by atoms with van der Waals surface area (Å²) in [6.45, 7) is 1.59. The molecule has 3 N–H and O–H groups in total. The van der Waals surface area contributed by atoms with Crippen LogP contribution in [0.4, 0.5) is 19.1 Å². The van der Waals surface area contributed by atoms with Crippen LogP contribution in [0.25, 0.3) is 27.2 Å². The number of rotatable bonds is 4. The van der Waals surface area contributed by atoms with E-state index in [9.17, 15) is 18.0 Å². The highest BCUT2D eigenvalue weighted by molar-refractivity contribution is 7.12. The molecule has 32 heavy (non-hydrogen) atoms. The molecule has 5 rings (SSSR count). The summed E-state index contributed by atoms with van der Waals surface area (Å²) in [5, 5.41) is 7.31. The van der Waals surface area contributed by atoms with E-state index in [1.54, 1.807) is 17.8 Å². The van der Waals surface area contributed by atoms with Gasteiger partial charge in [-0.25, -0.2) is 9.97 Å². The summed E-state index contributed by atoms with van der Waals surface area (Å²) in [5.41, 5.74) is 0.352. The largest absolute Gasteiger partial charge is 0.419 e. The molecule has 5 heterocycles. The number of pyridine rings is 1. The SMILES string of the molecule is O=c1c2[nH]cc(-c3nc(NC4CCCNC4)ncc3C(F)(F)F)c2ccn1-c1cncs1. The lowest BCUT2D eigenvalue weighted by Crippen LogP contribution is -2.38. The number of aromatic amines is 1. The Morgan fingerprint density at radius 2 is 2.16 bits per heavy atom. The average Bonchev–Trinajstić information content (AvgIpc) is 3.44. The van der Waals surface area contributed by atoms with Crippen LogP contribution >= 0.6 is 11.3 Å². The topological polar surface area (TPSA) is 101 Å². The van der Waals surface area contributed by atoms with Gasteiger partial charge in [-0.2, -0.15) is 13.2 Å². The van der Waals surface area contributed by atoms with Crippen molar-refractivity contribution >= 4 is 28.2 Å². The molecule has 0 bridgehead atoms. The standard InChI is InChI=1S/C20H18F3N7OS/c21-20(22,23)14-8-27-19(28-11-2-1-4-24-6-11)29-16(14)13-7-26-17-12(13)3-5-30(18(17)31)15-9-25-10-32-15/h3,5,7-11,24,26H,1-2,4,6H2,(H,27,28,29). The summed E-state index contributed by atoms with van der Waals surface area (Å²) in [6.07, 6.45) is 2.42. The van der Waals surface area contributed by atoms with Crippen LogP contribution in [-0.4, -0.2) is 43.6 Å². The van der Waals surface area contributed by atoms with Gasteiger partial charge in [-0.3, -0.25) is 14.3 Å². The van der Waals surface area contributed by atoms with E-state index in [2.05, 4.69) is 30.6 Å². The molecule has 0 radical (unpaired) electrons. The lowest BCUT2D eigenvalue weighted by Gasteiger charge is -2.24. The summed E-state index contributed by atoms with van der Waals surface area (Å²) in [7, 11) is 0. The zero-order chi connectivity index (χ0) is 22.3. The van der Waals surface area contributed by atoms with Gasteiger partial charge in [0.15, 0.2) is 0 Å². The fourth-order valence-corrected chi connectivity index (χ4v) is 4.45. The zero-order valence-corrected chi connectivity index (χ0v) is 17.4. The summed E-state index contributed by atoms with van der Waals surface area (Å²) >= 11 is 1.28. The number of nitrogens with one attached hydrogen (secondary N) is 3. The Kier molecular flexibility index (Phi) is 5.18. The first-order valence-electron chi connectivity index (χ1n) is 9.95. The Morgan fingerprint density at radius 3 is 2.88 bits per heavy atom. The number of piperidine rings is 1.